The van der Waals surface area contributed by atoms with Crippen molar-refractivity contribution >= 4 is 11.8 Å². The number of allylic oxidation sites excluding steroid dienone is 2. The fourth-order valence-corrected chi connectivity index (χ4v) is 10.8. The van der Waals surface area contributed by atoms with E-state index in [0.29, 0.717) is 18.8 Å². The molecule has 5 aliphatic rings. The highest BCUT2D eigenvalue weighted by atomic mass is 16.4. The molecule has 244 valence electrons. The molecule has 7 heteroatoms. The van der Waals surface area contributed by atoms with Crippen LogP contribution in [0.25, 0.3) is 0 Å². The van der Waals surface area contributed by atoms with Crippen LogP contribution in [0, 0.1) is 33.5 Å². The van der Waals surface area contributed by atoms with E-state index in [0.717, 1.165) is 74.7 Å². The van der Waals surface area contributed by atoms with E-state index in [1.54, 1.807) is 30.9 Å². The van der Waals surface area contributed by atoms with Gasteiger partial charge in [0.15, 0.2) is 5.78 Å². The first-order chi connectivity index (χ1) is 21.3. The molecule has 7 unspecified atom stereocenters. The highest BCUT2D eigenvalue weighted by Crippen LogP contribution is 2.66. The Morgan fingerprint density at radius 2 is 1.84 bits per heavy atom. The number of aliphatic hydroxyl groups is 2. The Labute approximate surface area is 266 Å². The normalized spacial score (nSPS) is 38.0. The number of fused-ring (bicyclic) bond motifs is 6. The third-order valence-electron chi connectivity index (χ3n) is 13.1. The lowest BCUT2D eigenvalue weighted by molar-refractivity contribution is -0.161. The molecule has 0 bridgehead atoms. The molecular weight excluding hydrogens is 568 g/mol. The third-order valence-corrected chi connectivity index (χ3v) is 13.1. The molecule has 7 nitrogen and oxygen atoms in total. The summed E-state index contributed by atoms with van der Waals surface area (Å²) in [5.41, 5.74) is 0.783. The second-order valence-corrected chi connectivity index (χ2v) is 15.7. The van der Waals surface area contributed by atoms with Crippen LogP contribution in [0.3, 0.4) is 0 Å². The number of carbonyl (C=O) groups is 2. The number of aliphatic carboxylic acids is 1. The molecule has 7 atom stereocenters. The van der Waals surface area contributed by atoms with Crippen LogP contribution in [0.2, 0.25) is 0 Å². The van der Waals surface area contributed by atoms with Crippen LogP contribution in [0.15, 0.2) is 63.6 Å². The number of aryl methyl sites for hydroxylation is 2. The number of carboxylic acid groups (broad SMARTS) is 1. The van der Waals surface area contributed by atoms with E-state index in [1.807, 2.05) is 12.1 Å². The largest absolute Gasteiger partial charge is 0.481 e. The van der Waals surface area contributed by atoms with Gasteiger partial charge in [0.05, 0.1) is 36.4 Å². The number of furan rings is 2. The topological polar surface area (TPSA) is 121 Å². The molecule has 7 rings (SSSR count). The third kappa shape index (κ3) is 4.91. The van der Waals surface area contributed by atoms with Gasteiger partial charge in [-0.05, 0) is 122 Å². The number of hydrogen-bond donors (Lipinski definition) is 3. The van der Waals surface area contributed by atoms with Crippen molar-refractivity contribution < 1.29 is 33.7 Å². The van der Waals surface area contributed by atoms with Crippen molar-refractivity contribution in [1.82, 2.24) is 0 Å². The quantitative estimate of drug-likeness (QED) is 0.298. The van der Waals surface area contributed by atoms with Gasteiger partial charge in [-0.15, -0.1) is 0 Å². The van der Waals surface area contributed by atoms with Crippen LogP contribution < -0.4 is 0 Å². The Balaban J connectivity index is 0.000000159. The van der Waals surface area contributed by atoms with E-state index in [-0.39, 0.29) is 40.5 Å². The number of carbonyl (C=O) groups excluding carboxylic acids is 1. The molecule has 0 radical (unpaired) electrons. The van der Waals surface area contributed by atoms with E-state index in [4.69, 9.17) is 8.83 Å². The lowest BCUT2D eigenvalue weighted by Gasteiger charge is -2.58. The second kappa shape index (κ2) is 11.4. The Morgan fingerprint density at radius 3 is 2.56 bits per heavy atom. The van der Waals surface area contributed by atoms with Gasteiger partial charge >= 0.3 is 5.97 Å². The van der Waals surface area contributed by atoms with E-state index in [9.17, 15) is 24.9 Å². The summed E-state index contributed by atoms with van der Waals surface area (Å²) in [7, 11) is 0. The number of hydrogen-bond acceptors (Lipinski definition) is 6. The molecular formula is C38H50O7. The molecule has 0 amide bonds. The number of rotatable bonds is 5. The zero-order valence-electron chi connectivity index (χ0n) is 27.3. The molecule has 45 heavy (non-hydrogen) atoms. The molecule has 2 saturated carbocycles. The Hall–Kier alpha value is -2.90. The predicted molar refractivity (Wildman–Crippen MR) is 170 cm³/mol. The molecule has 5 aliphatic carbocycles. The summed E-state index contributed by atoms with van der Waals surface area (Å²) in [5.74, 6) is 0.770. The van der Waals surface area contributed by atoms with E-state index in [1.165, 1.54) is 5.56 Å². The van der Waals surface area contributed by atoms with Crippen LogP contribution in [0.5, 0.6) is 0 Å². The minimum Gasteiger partial charge on any atom is -0.481 e. The first-order valence-corrected chi connectivity index (χ1v) is 16.9. The standard InChI is InChI=1S/C19H24O4.C19H26O3/c1-18-8-5-12-7-10-23-16(12)14(18)6-9-19(17(21)22)13(11-20)3-2-4-15(18)19;1-17(2)8-4-9-18(3)16(17)15(20)6-11-19(18,21)10-5-14-7-12-22-13-14/h3,7,10,14-15,20H,2,4-6,8-9,11H2,1H3,(H,21,22);6-7,11-13,16,21H,4-5,8-10H2,1-3H3. The van der Waals surface area contributed by atoms with E-state index in [2.05, 4.69) is 33.8 Å². The number of aliphatic hydroxyl groups excluding tert-OH is 1. The first-order valence-electron chi connectivity index (χ1n) is 16.9. The molecule has 0 spiro atoms. The Bertz CT molecular complexity index is 1480. The lowest BCUT2D eigenvalue weighted by atomic mass is 9.44. The molecule has 3 N–H and O–H groups in total. The van der Waals surface area contributed by atoms with Crippen LogP contribution in [0.4, 0.5) is 0 Å². The second-order valence-electron chi connectivity index (χ2n) is 15.7. The molecule has 2 aromatic heterocycles. The SMILES string of the molecule is CC1(C)CCCC2(C)C1C(=O)C=CC2(O)CCc1ccoc1.CC12CCc3ccoc3C1CCC1(C(=O)O)C(CO)=CCCC12. The van der Waals surface area contributed by atoms with Gasteiger partial charge < -0.3 is 24.2 Å². The lowest BCUT2D eigenvalue weighted by Crippen LogP contribution is -2.60. The molecule has 2 aromatic rings. The van der Waals surface area contributed by atoms with Crippen LogP contribution in [-0.2, 0) is 22.4 Å². The highest BCUT2D eigenvalue weighted by Gasteiger charge is 2.63. The Morgan fingerprint density at radius 1 is 1.04 bits per heavy atom. The first kappa shape index (κ1) is 32.1. The highest BCUT2D eigenvalue weighted by molar-refractivity contribution is 5.94. The van der Waals surface area contributed by atoms with Crippen LogP contribution in [0.1, 0.15) is 108 Å². The molecule has 2 heterocycles. The summed E-state index contributed by atoms with van der Waals surface area (Å²) in [6.45, 7) is 8.56. The van der Waals surface area contributed by atoms with Gasteiger partial charge in [0.25, 0.3) is 0 Å². The average Bonchev–Trinajstić information content (AvgIpc) is 3.70. The Kier molecular flexibility index (Phi) is 8.13. The number of ketones is 1. The summed E-state index contributed by atoms with van der Waals surface area (Å²) in [6.07, 6.45) is 20.0. The maximum absolute atomic E-state index is 12.6. The molecule has 0 aromatic carbocycles. The summed E-state index contributed by atoms with van der Waals surface area (Å²) in [4.78, 5) is 24.9. The van der Waals surface area contributed by atoms with Crippen molar-refractivity contribution in [3.05, 3.63) is 71.6 Å². The average molecular weight is 619 g/mol. The minimum atomic E-state index is -0.930. The van der Waals surface area contributed by atoms with Gasteiger partial charge in [-0.1, -0.05) is 40.2 Å². The van der Waals surface area contributed by atoms with Gasteiger partial charge in [-0.3, -0.25) is 9.59 Å². The van der Waals surface area contributed by atoms with Crippen molar-refractivity contribution in [2.24, 2.45) is 33.5 Å². The zero-order chi connectivity index (χ0) is 32.3. The predicted octanol–water partition coefficient (Wildman–Crippen LogP) is 7.42. The minimum absolute atomic E-state index is 0.0571. The van der Waals surface area contributed by atoms with Crippen molar-refractivity contribution in [3.63, 3.8) is 0 Å². The van der Waals surface area contributed by atoms with Crippen LogP contribution in [-0.4, -0.2) is 39.3 Å². The number of carboxylic acids is 1. The van der Waals surface area contributed by atoms with Gasteiger partial charge in [0.2, 0.25) is 0 Å². The molecule has 0 aliphatic heterocycles. The fourth-order valence-electron chi connectivity index (χ4n) is 10.8. The molecule has 0 saturated heterocycles. The summed E-state index contributed by atoms with van der Waals surface area (Å²) >= 11 is 0. The van der Waals surface area contributed by atoms with Crippen LogP contribution >= 0.6 is 0 Å². The van der Waals surface area contributed by atoms with Gasteiger partial charge in [-0.25, -0.2) is 0 Å². The van der Waals surface area contributed by atoms with Gasteiger partial charge in [0.1, 0.15) is 5.76 Å². The van der Waals surface area contributed by atoms with Crippen molar-refractivity contribution in [2.75, 3.05) is 6.61 Å². The van der Waals surface area contributed by atoms with Gasteiger partial charge in [0, 0.05) is 17.3 Å². The van der Waals surface area contributed by atoms with Crippen molar-refractivity contribution in [2.45, 2.75) is 110 Å². The smallest absolute Gasteiger partial charge is 0.314 e. The summed E-state index contributed by atoms with van der Waals surface area (Å²) in [5, 5.41) is 31.3. The maximum atomic E-state index is 12.6. The van der Waals surface area contributed by atoms with E-state index < -0.39 is 17.0 Å². The van der Waals surface area contributed by atoms with Gasteiger partial charge in [-0.2, -0.15) is 0 Å². The van der Waals surface area contributed by atoms with E-state index >= 15 is 0 Å². The molecule has 2 fully saturated rings. The fraction of sp³-hybridized carbons (Fsp3) is 0.632. The summed E-state index contributed by atoms with van der Waals surface area (Å²) in [6, 6.07) is 4.00. The van der Waals surface area contributed by atoms with Crippen molar-refractivity contribution in [1.29, 1.82) is 0 Å². The zero-order valence-corrected chi connectivity index (χ0v) is 27.3. The summed E-state index contributed by atoms with van der Waals surface area (Å²) < 4.78 is 10.9. The maximum Gasteiger partial charge on any atom is 0.314 e. The monoisotopic (exact) mass is 618 g/mol. The van der Waals surface area contributed by atoms with Crippen molar-refractivity contribution in [3.8, 4) is 0 Å².